The third kappa shape index (κ3) is 6.95. The van der Waals surface area contributed by atoms with Gasteiger partial charge in [-0.05, 0) is 71.1 Å². The van der Waals surface area contributed by atoms with Gasteiger partial charge in [0.25, 0.3) is 5.91 Å². The van der Waals surface area contributed by atoms with Crippen LogP contribution in [0.25, 0.3) is 27.6 Å². The highest BCUT2D eigenvalue weighted by Gasteiger charge is 2.32. The van der Waals surface area contributed by atoms with Crippen molar-refractivity contribution in [2.45, 2.75) is 31.7 Å². The van der Waals surface area contributed by atoms with Gasteiger partial charge in [0.05, 0.1) is 5.52 Å². The first kappa shape index (κ1) is 35.7. The third-order valence-electron chi connectivity index (χ3n) is 10.7. The van der Waals surface area contributed by atoms with E-state index >= 15 is 8.78 Å². The molecule has 0 atom stereocenters. The van der Waals surface area contributed by atoms with Gasteiger partial charge < -0.3 is 19.7 Å². The van der Waals surface area contributed by atoms with Gasteiger partial charge in [0, 0.05) is 107 Å². The summed E-state index contributed by atoms with van der Waals surface area (Å²) in [6.07, 6.45) is 6.49. The van der Waals surface area contributed by atoms with Crippen LogP contribution >= 0.6 is 0 Å². The van der Waals surface area contributed by atoms with Crippen LogP contribution in [0.4, 0.5) is 25.0 Å². The lowest BCUT2D eigenvalue weighted by Gasteiger charge is -2.41. The maximum Gasteiger partial charge on any atom is 0.328 e. The van der Waals surface area contributed by atoms with Gasteiger partial charge in [-0.25, -0.2) is 13.6 Å². The van der Waals surface area contributed by atoms with Gasteiger partial charge in [-0.15, -0.1) is 0 Å². The Balaban J connectivity index is 1.02. The normalized spacial score (nSPS) is 16.3. The lowest BCUT2D eigenvalue weighted by molar-refractivity contribution is -0.131. The fraction of sp³-hybridized carbons (Fsp3) is 0.293. The molecule has 3 aliphatic heterocycles. The number of carbonyl (C=O) groups excluding carboxylic acids is 4. The largest absolute Gasteiger partial charge is 0.370 e. The number of imide groups is 1. The number of nitrogens with one attached hydrogen (secondary N) is 2. The van der Waals surface area contributed by atoms with Crippen molar-refractivity contribution in [3.63, 3.8) is 0 Å². The summed E-state index contributed by atoms with van der Waals surface area (Å²) in [5, 5.41) is 7.01. The summed E-state index contributed by atoms with van der Waals surface area (Å²) >= 11 is 0. The van der Waals surface area contributed by atoms with Gasteiger partial charge in [0.1, 0.15) is 11.5 Å². The quantitative estimate of drug-likeness (QED) is 0.197. The van der Waals surface area contributed by atoms with Crippen LogP contribution in [-0.2, 0) is 16.1 Å². The van der Waals surface area contributed by atoms with E-state index in [1.165, 1.54) is 15.9 Å². The smallest absolute Gasteiger partial charge is 0.328 e. The number of rotatable bonds is 9. The average molecular weight is 747 g/mol. The molecule has 3 aromatic carbocycles. The molecule has 12 nitrogen and oxygen atoms in total. The molecule has 0 aliphatic carbocycles. The maximum absolute atomic E-state index is 16.5. The van der Waals surface area contributed by atoms with E-state index in [-0.39, 0.29) is 60.8 Å². The van der Waals surface area contributed by atoms with E-state index in [9.17, 15) is 19.2 Å². The number of benzene rings is 3. The highest BCUT2D eigenvalue weighted by atomic mass is 19.1. The Morgan fingerprint density at radius 1 is 0.964 bits per heavy atom. The number of fused-ring (bicyclic) bond motifs is 1. The Labute approximate surface area is 316 Å². The Morgan fingerprint density at radius 3 is 2.45 bits per heavy atom. The number of halogens is 2. The van der Waals surface area contributed by atoms with Crippen LogP contribution in [0.3, 0.4) is 0 Å². The molecule has 0 radical (unpaired) electrons. The number of H-pyrrole nitrogens is 1. The molecular weight excluding hydrogens is 706 g/mol. The van der Waals surface area contributed by atoms with Crippen molar-refractivity contribution in [2.75, 3.05) is 56.6 Å². The minimum absolute atomic E-state index is 0.0321. The molecule has 0 bridgehead atoms. The summed E-state index contributed by atoms with van der Waals surface area (Å²) in [4.78, 5) is 59.7. The summed E-state index contributed by atoms with van der Waals surface area (Å²) in [5.74, 6) is -1.58. The van der Waals surface area contributed by atoms with E-state index in [1.807, 2.05) is 48.7 Å². The van der Waals surface area contributed by atoms with Crippen molar-refractivity contribution >= 4 is 51.6 Å². The van der Waals surface area contributed by atoms with Crippen molar-refractivity contribution < 1.29 is 28.0 Å². The Kier molecular flexibility index (Phi) is 9.41. The highest BCUT2D eigenvalue weighted by Crippen LogP contribution is 2.39. The number of hydrogen-bond acceptors (Lipinski definition) is 6. The van der Waals surface area contributed by atoms with E-state index in [0.717, 1.165) is 16.8 Å². The zero-order valence-corrected chi connectivity index (χ0v) is 30.5. The monoisotopic (exact) mass is 746 g/mol. The predicted molar refractivity (Wildman–Crippen MR) is 205 cm³/mol. The fourth-order valence-electron chi connectivity index (χ4n) is 7.61. The number of aryl methyl sites for hydroxylation is 1. The molecule has 2 fully saturated rings. The van der Waals surface area contributed by atoms with Crippen LogP contribution in [0.2, 0.25) is 0 Å². The van der Waals surface area contributed by atoms with Gasteiger partial charge in [-0.1, -0.05) is 24.3 Å². The Hall–Kier alpha value is -6.31. The first-order valence-electron chi connectivity index (χ1n) is 18.3. The zero-order chi connectivity index (χ0) is 38.4. The van der Waals surface area contributed by atoms with E-state index in [1.54, 1.807) is 48.1 Å². The SMILES string of the molecule is CN(C)C(=O)c1cc2c(-c3ccc(N4CC(c5ccc(N6CCC(=O)NC6=O)cc5F)C4)cc3)cc(C3=CCCN(C(=O)CCn4cccn4)C3)c(F)c2[nH]1. The molecule has 0 spiro atoms. The van der Waals surface area contributed by atoms with Crippen LogP contribution in [0, 0.1) is 11.6 Å². The molecular formula is C41H40F2N8O4. The summed E-state index contributed by atoms with van der Waals surface area (Å²) in [7, 11) is 3.28. The maximum atomic E-state index is 16.5. The molecule has 5 amide bonds. The molecule has 282 valence electrons. The predicted octanol–water partition coefficient (Wildman–Crippen LogP) is 5.77. The number of aromatic nitrogens is 3. The lowest BCUT2D eigenvalue weighted by atomic mass is 9.89. The number of aromatic amines is 1. The summed E-state index contributed by atoms with van der Waals surface area (Å²) in [6, 6.07) is 17.4. The molecule has 2 N–H and O–H groups in total. The Morgan fingerprint density at radius 2 is 1.75 bits per heavy atom. The molecule has 0 saturated carbocycles. The number of urea groups is 1. The standard InChI is InChI=1S/C41H40F2N8O4/c1-47(2)40(54)35-21-33-31(20-32(38(43)39(33)45-35)26-5-3-15-48(22-26)37(53)13-17-50-16-4-14-44-50)25-6-8-28(9-7-25)49-23-27(24-49)30-11-10-29(19-34(30)42)51-18-12-36(52)46-41(51)55/h4-11,14,16,19-21,27,45H,3,12-13,15,17-18,22-24H2,1-2H3,(H,46,52,55). The van der Waals surface area contributed by atoms with Gasteiger partial charge in [-0.3, -0.25) is 29.3 Å². The first-order chi connectivity index (χ1) is 26.5. The van der Waals surface area contributed by atoms with E-state index in [0.29, 0.717) is 60.4 Å². The minimum atomic E-state index is -0.555. The van der Waals surface area contributed by atoms with E-state index < -0.39 is 17.7 Å². The van der Waals surface area contributed by atoms with Gasteiger partial charge in [0.15, 0.2) is 5.82 Å². The molecule has 55 heavy (non-hydrogen) atoms. The number of anilines is 2. The first-order valence-corrected chi connectivity index (χ1v) is 18.3. The van der Waals surface area contributed by atoms with Crippen LogP contribution in [0.5, 0.6) is 0 Å². The van der Waals surface area contributed by atoms with Gasteiger partial charge >= 0.3 is 6.03 Å². The highest BCUT2D eigenvalue weighted by molar-refractivity contribution is 6.06. The van der Waals surface area contributed by atoms with Gasteiger partial charge in [-0.2, -0.15) is 5.10 Å². The molecule has 14 heteroatoms. The molecule has 0 unspecified atom stereocenters. The van der Waals surface area contributed by atoms with Crippen LogP contribution in [-0.4, -0.2) is 95.1 Å². The number of amides is 5. The average Bonchev–Trinajstić information content (AvgIpc) is 3.86. The second kappa shape index (κ2) is 14.5. The Bertz CT molecular complexity index is 2350. The number of carbonyl (C=O) groups is 4. The fourth-order valence-corrected chi connectivity index (χ4v) is 7.61. The number of nitrogens with zero attached hydrogens (tertiary/aromatic N) is 6. The van der Waals surface area contributed by atoms with Crippen molar-refractivity contribution in [3.8, 4) is 11.1 Å². The third-order valence-corrected chi connectivity index (χ3v) is 10.7. The minimum Gasteiger partial charge on any atom is -0.370 e. The second-order valence-electron chi connectivity index (χ2n) is 14.4. The van der Waals surface area contributed by atoms with Crippen molar-refractivity contribution in [3.05, 3.63) is 108 Å². The molecule has 8 rings (SSSR count). The molecule has 5 heterocycles. The van der Waals surface area contributed by atoms with Crippen molar-refractivity contribution in [2.24, 2.45) is 0 Å². The summed E-state index contributed by atoms with van der Waals surface area (Å²) < 4.78 is 33.5. The number of hydrogen-bond donors (Lipinski definition) is 2. The summed E-state index contributed by atoms with van der Waals surface area (Å²) in [5.41, 5.74) is 5.04. The molecule has 3 aliphatic rings. The van der Waals surface area contributed by atoms with Crippen LogP contribution in [0.15, 0.2) is 79.1 Å². The molecule has 2 saturated heterocycles. The van der Waals surface area contributed by atoms with Crippen molar-refractivity contribution in [1.29, 1.82) is 0 Å². The summed E-state index contributed by atoms with van der Waals surface area (Å²) in [6.45, 7) is 2.65. The van der Waals surface area contributed by atoms with Crippen LogP contribution < -0.4 is 15.1 Å². The zero-order valence-electron chi connectivity index (χ0n) is 30.5. The van der Waals surface area contributed by atoms with E-state index in [2.05, 4.69) is 20.3 Å². The van der Waals surface area contributed by atoms with Gasteiger partial charge in [0.2, 0.25) is 11.8 Å². The topological polar surface area (TPSA) is 127 Å². The lowest BCUT2D eigenvalue weighted by Crippen LogP contribution is -2.49. The van der Waals surface area contributed by atoms with E-state index in [4.69, 9.17) is 0 Å². The van der Waals surface area contributed by atoms with Crippen molar-refractivity contribution in [1.82, 2.24) is 29.9 Å². The van der Waals surface area contributed by atoms with Crippen LogP contribution in [0.1, 0.15) is 46.8 Å². The second-order valence-corrected chi connectivity index (χ2v) is 14.4. The molecule has 2 aromatic heterocycles. The molecule has 5 aromatic rings.